The van der Waals surface area contributed by atoms with Crippen LogP contribution >= 0.6 is 11.3 Å². The highest BCUT2D eigenvalue weighted by atomic mass is 32.1. The maximum absolute atomic E-state index is 11.9. The average Bonchev–Trinajstić information content (AvgIpc) is 2.66. The van der Waals surface area contributed by atoms with Crippen LogP contribution in [-0.2, 0) is 4.79 Å². The van der Waals surface area contributed by atoms with Crippen LogP contribution in [0, 0.1) is 0 Å². The van der Waals surface area contributed by atoms with Gasteiger partial charge in [-0.1, -0.05) is 6.07 Å². The molecule has 3 nitrogen and oxygen atoms in total. The molecule has 0 atom stereocenters. The monoisotopic (exact) mass is 236 g/mol. The number of hydrogen-bond donors (Lipinski definition) is 1. The summed E-state index contributed by atoms with van der Waals surface area (Å²) in [6.45, 7) is 3.59. The molecule has 0 radical (unpaired) electrons. The van der Waals surface area contributed by atoms with Crippen LogP contribution in [0.2, 0.25) is 0 Å². The summed E-state index contributed by atoms with van der Waals surface area (Å²) in [5.41, 5.74) is 0. The van der Waals surface area contributed by atoms with Crippen LogP contribution < -0.4 is 5.32 Å². The van der Waals surface area contributed by atoms with Crippen LogP contribution in [0.25, 0.3) is 6.08 Å². The van der Waals surface area contributed by atoms with Gasteiger partial charge in [0.05, 0.1) is 0 Å². The molecule has 1 aliphatic heterocycles. The third kappa shape index (κ3) is 3.18. The van der Waals surface area contributed by atoms with E-state index < -0.39 is 0 Å². The van der Waals surface area contributed by atoms with Gasteiger partial charge in [0.2, 0.25) is 5.91 Å². The van der Waals surface area contributed by atoms with E-state index >= 15 is 0 Å². The molecule has 1 aromatic heterocycles. The molecule has 1 aromatic rings. The summed E-state index contributed by atoms with van der Waals surface area (Å²) in [5.74, 6) is 0.122. The number of carbonyl (C=O) groups is 1. The Morgan fingerprint density at radius 3 is 3.19 bits per heavy atom. The quantitative estimate of drug-likeness (QED) is 0.791. The topological polar surface area (TPSA) is 32.3 Å². The van der Waals surface area contributed by atoms with Crippen molar-refractivity contribution in [3.8, 4) is 0 Å². The van der Waals surface area contributed by atoms with E-state index in [1.807, 2.05) is 28.5 Å². The molecule has 0 spiro atoms. The van der Waals surface area contributed by atoms with Crippen LogP contribution in [0.3, 0.4) is 0 Å². The highest BCUT2D eigenvalue weighted by molar-refractivity contribution is 7.10. The van der Waals surface area contributed by atoms with Crippen LogP contribution in [0.1, 0.15) is 11.3 Å². The number of thiophene rings is 1. The van der Waals surface area contributed by atoms with Gasteiger partial charge in [0.15, 0.2) is 0 Å². The number of rotatable bonds is 2. The lowest BCUT2D eigenvalue weighted by atomic mass is 10.3. The van der Waals surface area contributed by atoms with Crippen LogP contribution in [-0.4, -0.2) is 37.0 Å². The molecule has 0 unspecified atom stereocenters. The summed E-state index contributed by atoms with van der Waals surface area (Å²) < 4.78 is 0. The fourth-order valence-corrected chi connectivity index (χ4v) is 2.33. The summed E-state index contributed by atoms with van der Waals surface area (Å²) in [6, 6.07) is 4.00. The molecule has 0 aromatic carbocycles. The third-order valence-corrected chi connectivity index (χ3v) is 3.42. The molecule has 16 heavy (non-hydrogen) atoms. The molecular formula is C12H16N2OS. The minimum absolute atomic E-state index is 0.122. The molecule has 86 valence electrons. The Morgan fingerprint density at radius 2 is 2.38 bits per heavy atom. The van der Waals surface area contributed by atoms with Gasteiger partial charge in [-0.15, -0.1) is 11.3 Å². The van der Waals surface area contributed by atoms with Gasteiger partial charge < -0.3 is 10.2 Å². The number of carbonyl (C=O) groups excluding carboxylic acids is 1. The molecular weight excluding hydrogens is 220 g/mol. The Hall–Kier alpha value is -1.13. The fourth-order valence-electron chi connectivity index (χ4n) is 1.71. The van der Waals surface area contributed by atoms with Crippen molar-refractivity contribution >= 4 is 23.3 Å². The molecule has 2 rings (SSSR count). The highest BCUT2D eigenvalue weighted by Gasteiger charge is 2.12. The minimum Gasteiger partial charge on any atom is -0.338 e. The number of amides is 1. The zero-order chi connectivity index (χ0) is 11.2. The Balaban J connectivity index is 1.91. The van der Waals surface area contributed by atoms with E-state index in [1.165, 1.54) is 0 Å². The Morgan fingerprint density at radius 1 is 1.44 bits per heavy atom. The van der Waals surface area contributed by atoms with Crippen molar-refractivity contribution in [2.45, 2.75) is 6.42 Å². The van der Waals surface area contributed by atoms with E-state index in [0.29, 0.717) is 0 Å². The molecule has 0 aliphatic carbocycles. The van der Waals surface area contributed by atoms with Crippen LogP contribution in [0.15, 0.2) is 23.6 Å². The normalized spacial score (nSPS) is 17.6. The molecule has 1 N–H and O–H groups in total. The second kappa shape index (κ2) is 5.82. The van der Waals surface area contributed by atoms with Crippen LogP contribution in [0.4, 0.5) is 0 Å². The smallest absolute Gasteiger partial charge is 0.246 e. The van der Waals surface area contributed by atoms with Gasteiger partial charge in [-0.25, -0.2) is 0 Å². The standard InChI is InChI=1S/C12H16N2OS/c15-12(5-4-11-3-1-10-16-11)14-8-2-6-13-7-9-14/h1,3-5,10,13H,2,6-9H2. The van der Waals surface area contributed by atoms with Crippen molar-refractivity contribution in [3.05, 3.63) is 28.5 Å². The average molecular weight is 236 g/mol. The van der Waals surface area contributed by atoms with Crippen molar-refractivity contribution in [2.24, 2.45) is 0 Å². The van der Waals surface area contributed by atoms with E-state index in [9.17, 15) is 4.79 Å². The lowest BCUT2D eigenvalue weighted by molar-refractivity contribution is -0.125. The zero-order valence-electron chi connectivity index (χ0n) is 9.19. The predicted molar refractivity (Wildman–Crippen MR) is 67.4 cm³/mol. The summed E-state index contributed by atoms with van der Waals surface area (Å²) in [4.78, 5) is 14.9. The molecule has 0 saturated carbocycles. The molecule has 1 amide bonds. The Bertz CT molecular complexity index is 351. The van der Waals surface area contributed by atoms with E-state index in [4.69, 9.17) is 0 Å². The van der Waals surface area contributed by atoms with Gasteiger partial charge in [0.25, 0.3) is 0 Å². The molecule has 1 aliphatic rings. The highest BCUT2D eigenvalue weighted by Crippen LogP contribution is 2.10. The van der Waals surface area contributed by atoms with Gasteiger partial charge in [-0.3, -0.25) is 4.79 Å². The SMILES string of the molecule is O=C(C=Cc1cccs1)N1CCCNCC1. The van der Waals surface area contributed by atoms with Crippen molar-refractivity contribution < 1.29 is 4.79 Å². The second-order valence-electron chi connectivity index (χ2n) is 3.78. The molecule has 1 saturated heterocycles. The minimum atomic E-state index is 0.122. The van der Waals surface area contributed by atoms with Crippen molar-refractivity contribution in [1.82, 2.24) is 10.2 Å². The van der Waals surface area contributed by atoms with E-state index in [2.05, 4.69) is 5.32 Å². The lowest BCUT2D eigenvalue weighted by Crippen LogP contribution is -2.32. The maximum Gasteiger partial charge on any atom is 0.246 e. The third-order valence-electron chi connectivity index (χ3n) is 2.59. The van der Waals surface area contributed by atoms with E-state index in [-0.39, 0.29) is 5.91 Å². The van der Waals surface area contributed by atoms with Gasteiger partial charge in [0, 0.05) is 30.6 Å². The molecule has 2 heterocycles. The van der Waals surface area contributed by atoms with Crippen LogP contribution in [0.5, 0.6) is 0 Å². The molecule has 1 fully saturated rings. The fraction of sp³-hybridized carbons (Fsp3) is 0.417. The largest absolute Gasteiger partial charge is 0.338 e. The number of hydrogen-bond acceptors (Lipinski definition) is 3. The first kappa shape index (κ1) is 11.4. The first-order valence-corrected chi connectivity index (χ1v) is 6.45. The van der Waals surface area contributed by atoms with E-state index in [0.717, 1.165) is 37.5 Å². The molecule has 4 heteroatoms. The number of nitrogens with one attached hydrogen (secondary N) is 1. The zero-order valence-corrected chi connectivity index (χ0v) is 10.0. The Kier molecular flexibility index (Phi) is 4.13. The van der Waals surface area contributed by atoms with Crippen molar-refractivity contribution in [2.75, 3.05) is 26.2 Å². The summed E-state index contributed by atoms with van der Waals surface area (Å²) in [5, 5.41) is 5.30. The summed E-state index contributed by atoms with van der Waals surface area (Å²) in [7, 11) is 0. The van der Waals surface area contributed by atoms with E-state index in [1.54, 1.807) is 17.4 Å². The molecule has 0 bridgehead atoms. The van der Waals surface area contributed by atoms with Gasteiger partial charge in [-0.05, 0) is 30.5 Å². The van der Waals surface area contributed by atoms with Gasteiger partial charge >= 0.3 is 0 Å². The Labute approximate surface area is 99.8 Å². The van der Waals surface area contributed by atoms with Crippen molar-refractivity contribution in [1.29, 1.82) is 0 Å². The first-order valence-electron chi connectivity index (χ1n) is 5.57. The predicted octanol–water partition coefficient (Wildman–Crippen LogP) is 1.58. The van der Waals surface area contributed by atoms with Crippen molar-refractivity contribution in [3.63, 3.8) is 0 Å². The summed E-state index contributed by atoms with van der Waals surface area (Å²) in [6.07, 6.45) is 4.61. The second-order valence-corrected chi connectivity index (χ2v) is 4.76. The first-order chi connectivity index (χ1) is 7.86. The maximum atomic E-state index is 11.9. The van der Waals surface area contributed by atoms with Gasteiger partial charge in [0.1, 0.15) is 0 Å². The lowest BCUT2D eigenvalue weighted by Gasteiger charge is -2.17. The summed E-state index contributed by atoms with van der Waals surface area (Å²) >= 11 is 1.65. The van der Waals surface area contributed by atoms with Gasteiger partial charge in [-0.2, -0.15) is 0 Å². The number of nitrogens with zero attached hydrogens (tertiary/aromatic N) is 1.